The van der Waals surface area contributed by atoms with Gasteiger partial charge in [0.25, 0.3) is 11.5 Å². The van der Waals surface area contributed by atoms with Gasteiger partial charge in [0, 0.05) is 38.3 Å². The zero-order valence-corrected chi connectivity index (χ0v) is 15.6. The fraction of sp³-hybridized carbons (Fsp3) is 0.500. The maximum Gasteiger partial charge on any atom is 0.262 e. The molecule has 0 unspecified atom stereocenters. The molecule has 1 amide bonds. The van der Waals surface area contributed by atoms with Gasteiger partial charge in [0.2, 0.25) is 0 Å². The smallest absolute Gasteiger partial charge is 0.262 e. The molecule has 0 atom stereocenters. The molecule has 1 aromatic heterocycles. The van der Waals surface area contributed by atoms with E-state index in [1.54, 1.807) is 22.8 Å². The molecule has 2 heterocycles. The van der Waals surface area contributed by atoms with Gasteiger partial charge < -0.3 is 14.8 Å². The number of nitrogens with one attached hydrogen (secondary N) is 1. The SMILES string of the molecule is CCCn1c(=S)[nH]c2cc(C(=O)N3CCN(CC)CC3)ccc2c1=O. The Kier molecular flexibility index (Phi) is 5.34. The number of hydrogen-bond donors (Lipinski definition) is 1. The minimum absolute atomic E-state index is 0.00899. The standard InChI is InChI=1S/C18H24N4O2S/c1-3-7-22-17(24)14-6-5-13(12-15(14)19-18(22)25)16(23)21-10-8-20(4-2)9-11-21/h5-6,12H,3-4,7-11H2,1-2H3,(H,19,25). The molecule has 134 valence electrons. The molecule has 1 aromatic carbocycles. The van der Waals surface area contributed by atoms with E-state index in [0.29, 0.717) is 27.8 Å². The Morgan fingerprint density at radius 1 is 1.20 bits per heavy atom. The summed E-state index contributed by atoms with van der Waals surface area (Å²) in [6.45, 7) is 9.02. The molecule has 3 rings (SSSR count). The van der Waals surface area contributed by atoms with E-state index < -0.39 is 0 Å². The van der Waals surface area contributed by atoms with Gasteiger partial charge in [0.1, 0.15) is 0 Å². The molecule has 25 heavy (non-hydrogen) atoms. The van der Waals surface area contributed by atoms with Crippen LogP contribution in [0, 0.1) is 4.77 Å². The minimum Gasteiger partial charge on any atom is -0.336 e. The summed E-state index contributed by atoms with van der Waals surface area (Å²) in [6, 6.07) is 5.22. The second-order valence-corrected chi connectivity index (χ2v) is 6.76. The highest BCUT2D eigenvalue weighted by molar-refractivity contribution is 7.71. The zero-order valence-electron chi connectivity index (χ0n) is 14.7. The molecule has 1 N–H and O–H groups in total. The number of aromatic nitrogens is 2. The van der Waals surface area contributed by atoms with Gasteiger partial charge in [-0.25, -0.2) is 0 Å². The number of likely N-dealkylation sites (N-methyl/N-ethyl adjacent to an activating group) is 1. The first-order chi connectivity index (χ1) is 12.0. The van der Waals surface area contributed by atoms with Crippen molar-refractivity contribution in [3.63, 3.8) is 0 Å². The maximum atomic E-state index is 12.8. The number of benzene rings is 1. The second kappa shape index (κ2) is 7.49. The van der Waals surface area contributed by atoms with E-state index in [4.69, 9.17) is 12.2 Å². The van der Waals surface area contributed by atoms with Crippen LogP contribution in [0.4, 0.5) is 0 Å². The average molecular weight is 360 g/mol. The molecule has 0 spiro atoms. The third-order valence-electron chi connectivity index (χ3n) is 4.78. The van der Waals surface area contributed by atoms with Crippen molar-refractivity contribution in [2.24, 2.45) is 0 Å². The Morgan fingerprint density at radius 2 is 1.92 bits per heavy atom. The monoisotopic (exact) mass is 360 g/mol. The molecule has 0 radical (unpaired) electrons. The zero-order chi connectivity index (χ0) is 18.0. The average Bonchev–Trinajstić information content (AvgIpc) is 2.64. The van der Waals surface area contributed by atoms with Crippen LogP contribution >= 0.6 is 12.2 Å². The summed E-state index contributed by atoms with van der Waals surface area (Å²) in [7, 11) is 0. The largest absolute Gasteiger partial charge is 0.336 e. The third-order valence-corrected chi connectivity index (χ3v) is 5.11. The van der Waals surface area contributed by atoms with Crippen LogP contribution in [0.5, 0.6) is 0 Å². The Balaban J connectivity index is 1.91. The molecule has 0 bridgehead atoms. The van der Waals surface area contributed by atoms with E-state index in [1.807, 2.05) is 11.8 Å². The quantitative estimate of drug-likeness (QED) is 0.850. The summed E-state index contributed by atoms with van der Waals surface area (Å²) < 4.78 is 1.98. The van der Waals surface area contributed by atoms with Crippen molar-refractivity contribution in [3.05, 3.63) is 38.9 Å². The van der Waals surface area contributed by atoms with E-state index in [9.17, 15) is 9.59 Å². The number of aromatic amines is 1. The Hall–Kier alpha value is -1.99. The van der Waals surface area contributed by atoms with Crippen LogP contribution in [-0.4, -0.2) is 58.0 Å². The maximum absolute atomic E-state index is 12.8. The topological polar surface area (TPSA) is 61.3 Å². The lowest BCUT2D eigenvalue weighted by molar-refractivity contribution is 0.0643. The predicted octanol–water partition coefficient (Wildman–Crippen LogP) is 2.25. The first kappa shape index (κ1) is 17.8. The van der Waals surface area contributed by atoms with Crippen LogP contribution in [-0.2, 0) is 6.54 Å². The molecule has 6 nitrogen and oxygen atoms in total. The van der Waals surface area contributed by atoms with Crippen molar-refractivity contribution in [3.8, 4) is 0 Å². The Bertz CT molecular complexity index is 894. The van der Waals surface area contributed by atoms with Crippen LogP contribution in [0.25, 0.3) is 10.9 Å². The Morgan fingerprint density at radius 3 is 2.56 bits per heavy atom. The van der Waals surface area contributed by atoms with Gasteiger partial charge in [-0.15, -0.1) is 0 Å². The number of hydrogen-bond acceptors (Lipinski definition) is 4. The first-order valence-electron chi connectivity index (χ1n) is 8.83. The molecule has 7 heteroatoms. The number of H-pyrrole nitrogens is 1. The van der Waals surface area contributed by atoms with Crippen LogP contribution in [0.15, 0.2) is 23.0 Å². The van der Waals surface area contributed by atoms with E-state index in [0.717, 1.165) is 39.1 Å². The number of piperazine rings is 1. The van der Waals surface area contributed by atoms with Crippen LogP contribution in [0.3, 0.4) is 0 Å². The number of carbonyl (C=O) groups excluding carboxylic acids is 1. The summed E-state index contributed by atoms with van der Waals surface area (Å²) in [6.07, 6.45) is 0.837. The van der Waals surface area contributed by atoms with Gasteiger partial charge in [-0.2, -0.15) is 0 Å². The molecular weight excluding hydrogens is 336 g/mol. The molecule has 2 aromatic rings. The highest BCUT2D eigenvalue weighted by Gasteiger charge is 2.21. The fourth-order valence-electron chi connectivity index (χ4n) is 3.26. The summed E-state index contributed by atoms with van der Waals surface area (Å²) in [5.74, 6) is 0.00899. The molecule has 0 saturated carbocycles. The van der Waals surface area contributed by atoms with Crippen LogP contribution in [0.2, 0.25) is 0 Å². The number of rotatable bonds is 4. The lowest BCUT2D eigenvalue weighted by atomic mass is 10.1. The Labute approximate surface area is 152 Å². The van der Waals surface area contributed by atoms with Crippen molar-refractivity contribution in [1.82, 2.24) is 19.4 Å². The number of carbonyl (C=O) groups is 1. The van der Waals surface area contributed by atoms with E-state index in [2.05, 4.69) is 16.8 Å². The van der Waals surface area contributed by atoms with Gasteiger partial charge >= 0.3 is 0 Å². The van der Waals surface area contributed by atoms with E-state index >= 15 is 0 Å². The van der Waals surface area contributed by atoms with Gasteiger partial charge in [-0.1, -0.05) is 13.8 Å². The van der Waals surface area contributed by atoms with E-state index in [1.165, 1.54) is 0 Å². The third kappa shape index (κ3) is 3.52. The van der Waals surface area contributed by atoms with Gasteiger partial charge in [0.15, 0.2) is 4.77 Å². The molecular formula is C18H24N4O2S. The van der Waals surface area contributed by atoms with Crippen molar-refractivity contribution in [2.45, 2.75) is 26.8 Å². The van der Waals surface area contributed by atoms with Crippen LogP contribution < -0.4 is 5.56 Å². The lowest BCUT2D eigenvalue weighted by Gasteiger charge is -2.34. The van der Waals surface area contributed by atoms with E-state index in [-0.39, 0.29) is 11.5 Å². The lowest BCUT2D eigenvalue weighted by Crippen LogP contribution is -2.48. The fourth-order valence-corrected chi connectivity index (χ4v) is 3.55. The number of nitrogens with zero attached hydrogens (tertiary/aromatic N) is 3. The predicted molar refractivity (Wildman–Crippen MR) is 102 cm³/mol. The first-order valence-corrected chi connectivity index (χ1v) is 9.24. The van der Waals surface area contributed by atoms with Gasteiger partial charge in [-0.3, -0.25) is 14.2 Å². The number of amides is 1. The molecule has 1 fully saturated rings. The van der Waals surface area contributed by atoms with Crippen molar-refractivity contribution in [2.75, 3.05) is 32.7 Å². The number of fused-ring (bicyclic) bond motifs is 1. The molecule has 1 aliphatic rings. The highest BCUT2D eigenvalue weighted by atomic mass is 32.1. The molecule has 0 aliphatic carbocycles. The summed E-state index contributed by atoms with van der Waals surface area (Å²) in [4.78, 5) is 32.6. The van der Waals surface area contributed by atoms with Gasteiger partial charge in [-0.05, 0) is 43.4 Å². The summed E-state index contributed by atoms with van der Waals surface area (Å²) in [5.41, 5.74) is 1.12. The van der Waals surface area contributed by atoms with Gasteiger partial charge in [0.05, 0.1) is 10.9 Å². The summed E-state index contributed by atoms with van der Waals surface area (Å²) >= 11 is 5.30. The summed E-state index contributed by atoms with van der Waals surface area (Å²) in [5, 5.41) is 0.564. The molecule has 1 aliphatic heterocycles. The normalized spacial score (nSPS) is 15.7. The highest BCUT2D eigenvalue weighted by Crippen LogP contribution is 2.14. The molecule has 1 saturated heterocycles. The van der Waals surface area contributed by atoms with Crippen molar-refractivity contribution >= 4 is 29.0 Å². The second-order valence-electron chi connectivity index (χ2n) is 6.37. The minimum atomic E-state index is -0.101. The van der Waals surface area contributed by atoms with Crippen molar-refractivity contribution in [1.29, 1.82) is 0 Å². The van der Waals surface area contributed by atoms with Crippen molar-refractivity contribution < 1.29 is 4.79 Å². The van der Waals surface area contributed by atoms with Crippen LogP contribution in [0.1, 0.15) is 30.6 Å².